The highest BCUT2D eigenvalue weighted by Crippen LogP contribution is 2.35. The van der Waals surface area contributed by atoms with Crippen LogP contribution in [0.2, 0.25) is 0 Å². The number of hydrogen-bond acceptors (Lipinski definition) is 3. The molecule has 2 aromatic rings. The van der Waals surface area contributed by atoms with Crippen molar-refractivity contribution in [3.63, 3.8) is 0 Å². The Morgan fingerprint density at radius 1 is 1.32 bits per heavy atom. The van der Waals surface area contributed by atoms with Crippen molar-refractivity contribution in [3.8, 4) is 0 Å². The van der Waals surface area contributed by atoms with Crippen molar-refractivity contribution in [2.75, 3.05) is 4.90 Å². The number of anilines is 1. The number of benzene rings is 1. The average molecular weight is 276 g/mol. The lowest BCUT2D eigenvalue weighted by Crippen LogP contribution is -2.25. The van der Waals surface area contributed by atoms with E-state index in [4.69, 9.17) is 5.73 Å². The predicted molar refractivity (Wildman–Crippen MR) is 77.8 cm³/mol. The molecule has 1 aromatic heterocycles. The number of nitrogens with two attached hydrogens (primary N) is 1. The fourth-order valence-corrected chi connectivity index (χ4v) is 2.98. The molecule has 1 aliphatic carbocycles. The van der Waals surface area contributed by atoms with Gasteiger partial charge in [-0.05, 0) is 42.0 Å². The molecule has 1 fully saturated rings. The average Bonchev–Trinajstić information content (AvgIpc) is 3.14. The Balaban J connectivity index is 1.87. The lowest BCUT2D eigenvalue weighted by Gasteiger charge is -2.25. The molecule has 0 radical (unpaired) electrons. The molecule has 19 heavy (non-hydrogen) atoms. The summed E-state index contributed by atoms with van der Waals surface area (Å²) in [6.45, 7) is 1.17. The van der Waals surface area contributed by atoms with E-state index in [0.29, 0.717) is 18.3 Å². The molecule has 4 heteroatoms. The van der Waals surface area contributed by atoms with E-state index >= 15 is 0 Å². The van der Waals surface area contributed by atoms with Gasteiger partial charge in [0.2, 0.25) is 0 Å². The van der Waals surface area contributed by atoms with Crippen LogP contribution >= 0.6 is 11.3 Å². The zero-order valence-electron chi connectivity index (χ0n) is 10.7. The van der Waals surface area contributed by atoms with Crippen LogP contribution in [0, 0.1) is 5.82 Å². The fourth-order valence-electron chi connectivity index (χ4n) is 2.28. The molecular formula is C15H17FN2S. The molecule has 0 aliphatic heterocycles. The summed E-state index contributed by atoms with van der Waals surface area (Å²) in [5.41, 5.74) is 7.09. The van der Waals surface area contributed by atoms with Crippen LogP contribution < -0.4 is 10.6 Å². The maximum Gasteiger partial charge on any atom is 0.146 e. The largest absolute Gasteiger partial charge is 0.361 e. The molecule has 0 saturated heterocycles. The smallest absolute Gasteiger partial charge is 0.146 e. The first-order valence-corrected chi connectivity index (χ1v) is 7.43. The zero-order valence-corrected chi connectivity index (χ0v) is 11.5. The van der Waals surface area contributed by atoms with Crippen molar-refractivity contribution < 1.29 is 4.39 Å². The Morgan fingerprint density at radius 2 is 2.16 bits per heavy atom. The topological polar surface area (TPSA) is 29.3 Å². The van der Waals surface area contributed by atoms with Crippen molar-refractivity contribution >= 4 is 17.0 Å². The highest BCUT2D eigenvalue weighted by Gasteiger charge is 2.30. The van der Waals surface area contributed by atoms with Gasteiger partial charge in [-0.15, -0.1) is 11.3 Å². The third-order valence-corrected chi connectivity index (χ3v) is 4.31. The quantitative estimate of drug-likeness (QED) is 0.905. The Labute approximate surface area is 116 Å². The summed E-state index contributed by atoms with van der Waals surface area (Å²) in [5.74, 6) is -0.161. The molecule has 0 atom stereocenters. The maximum atomic E-state index is 14.2. The van der Waals surface area contributed by atoms with Crippen LogP contribution in [0.3, 0.4) is 0 Å². The van der Waals surface area contributed by atoms with E-state index in [1.807, 2.05) is 18.2 Å². The lowest BCUT2D eigenvalue weighted by atomic mass is 10.1. The van der Waals surface area contributed by atoms with Gasteiger partial charge >= 0.3 is 0 Å². The molecule has 2 N–H and O–H groups in total. The molecule has 0 unspecified atom stereocenters. The van der Waals surface area contributed by atoms with Crippen LogP contribution in [-0.4, -0.2) is 6.04 Å². The summed E-state index contributed by atoms with van der Waals surface area (Å²) in [6.07, 6.45) is 2.31. The van der Waals surface area contributed by atoms with Crippen molar-refractivity contribution in [1.29, 1.82) is 0 Å². The highest BCUT2D eigenvalue weighted by atomic mass is 32.1. The minimum atomic E-state index is -0.161. The van der Waals surface area contributed by atoms with Crippen molar-refractivity contribution in [2.24, 2.45) is 5.73 Å². The van der Waals surface area contributed by atoms with Gasteiger partial charge in [0.05, 0.1) is 12.2 Å². The molecular weight excluding hydrogens is 259 g/mol. The minimum Gasteiger partial charge on any atom is -0.361 e. The lowest BCUT2D eigenvalue weighted by molar-refractivity contribution is 0.613. The van der Waals surface area contributed by atoms with E-state index in [2.05, 4.69) is 16.3 Å². The van der Waals surface area contributed by atoms with Crippen molar-refractivity contribution in [1.82, 2.24) is 0 Å². The highest BCUT2D eigenvalue weighted by molar-refractivity contribution is 7.09. The number of hydrogen-bond donors (Lipinski definition) is 1. The second kappa shape index (κ2) is 5.31. The van der Waals surface area contributed by atoms with E-state index in [9.17, 15) is 4.39 Å². The third-order valence-electron chi connectivity index (χ3n) is 3.45. The van der Waals surface area contributed by atoms with Gasteiger partial charge in [-0.2, -0.15) is 0 Å². The first-order valence-electron chi connectivity index (χ1n) is 6.55. The Kier molecular flexibility index (Phi) is 3.53. The van der Waals surface area contributed by atoms with Gasteiger partial charge in [0, 0.05) is 17.5 Å². The zero-order chi connectivity index (χ0) is 13.2. The van der Waals surface area contributed by atoms with Crippen LogP contribution in [0.25, 0.3) is 0 Å². The SMILES string of the molecule is NCc1ccc(N(Cc2cccs2)C2CC2)c(F)c1. The summed E-state index contributed by atoms with van der Waals surface area (Å²) in [5, 5.41) is 2.06. The van der Waals surface area contributed by atoms with Gasteiger partial charge in [0.1, 0.15) is 5.82 Å². The summed E-state index contributed by atoms with van der Waals surface area (Å²) >= 11 is 1.72. The van der Waals surface area contributed by atoms with Gasteiger partial charge in [0.25, 0.3) is 0 Å². The Hall–Kier alpha value is -1.39. The number of halogens is 1. The first kappa shape index (κ1) is 12.6. The Bertz CT molecular complexity index is 549. The van der Waals surface area contributed by atoms with Crippen molar-refractivity contribution in [2.45, 2.75) is 32.0 Å². The Morgan fingerprint density at radius 3 is 2.74 bits per heavy atom. The van der Waals surface area contributed by atoms with E-state index in [1.54, 1.807) is 17.4 Å². The van der Waals surface area contributed by atoms with Gasteiger partial charge in [-0.3, -0.25) is 0 Å². The molecule has 1 saturated carbocycles. The normalized spacial score (nSPS) is 14.6. The predicted octanol–water partition coefficient (Wildman–Crippen LogP) is 3.51. The molecule has 1 heterocycles. The van der Waals surface area contributed by atoms with Crippen LogP contribution in [0.4, 0.5) is 10.1 Å². The molecule has 1 aliphatic rings. The van der Waals surface area contributed by atoms with E-state index in [1.165, 1.54) is 4.88 Å². The van der Waals surface area contributed by atoms with Gasteiger partial charge in [-0.1, -0.05) is 12.1 Å². The summed E-state index contributed by atoms with van der Waals surface area (Å²) in [7, 11) is 0. The van der Waals surface area contributed by atoms with Crippen LogP contribution in [0.5, 0.6) is 0 Å². The number of rotatable bonds is 5. The second-order valence-electron chi connectivity index (χ2n) is 4.93. The van der Waals surface area contributed by atoms with Gasteiger partial charge < -0.3 is 10.6 Å². The fraction of sp³-hybridized carbons (Fsp3) is 0.333. The number of nitrogens with zero attached hydrogens (tertiary/aromatic N) is 1. The van der Waals surface area contributed by atoms with Crippen LogP contribution in [0.1, 0.15) is 23.3 Å². The monoisotopic (exact) mass is 276 g/mol. The van der Waals surface area contributed by atoms with Crippen LogP contribution in [0.15, 0.2) is 35.7 Å². The summed E-state index contributed by atoms with van der Waals surface area (Å²) < 4.78 is 14.2. The van der Waals surface area contributed by atoms with Crippen molar-refractivity contribution in [3.05, 3.63) is 52.0 Å². The number of thiophene rings is 1. The van der Waals surface area contributed by atoms with Gasteiger partial charge in [-0.25, -0.2) is 4.39 Å². The van der Waals surface area contributed by atoms with Gasteiger partial charge in [0.15, 0.2) is 0 Å². The van der Waals surface area contributed by atoms with E-state index < -0.39 is 0 Å². The van der Waals surface area contributed by atoms with E-state index in [-0.39, 0.29) is 5.82 Å². The summed E-state index contributed by atoms with van der Waals surface area (Å²) in [6, 6.07) is 9.97. The van der Waals surface area contributed by atoms with Crippen LogP contribution in [-0.2, 0) is 13.1 Å². The molecule has 100 valence electrons. The molecule has 0 amide bonds. The van der Waals surface area contributed by atoms with E-state index in [0.717, 1.165) is 24.9 Å². The maximum absolute atomic E-state index is 14.2. The summed E-state index contributed by atoms with van der Waals surface area (Å²) in [4.78, 5) is 3.45. The third kappa shape index (κ3) is 2.80. The molecule has 0 spiro atoms. The second-order valence-corrected chi connectivity index (χ2v) is 5.96. The standard InChI is InChI=1S/C15H17FN2S/c16-14-8-11(9-17)3-6-15(14)18(12-4-5-12)10-13-2-1-7-19-13/h1-3,6-8,12H,4-5,9-10,17H2. The molecule has 3 rings (SSSR count). The minimum absolute atomic E-state index is 0.161. The molecule has 1 aromatic carbocycles. The molecule has 2 nitrogen and oxygen atoms in total. The first-order chi connectivity index (χ1) is 9.28. The molecule has 0 bridgehead atoms.